The van der Waals surface area contributed by atoms with Gasteiger partial charge >= 0.3 is 5.97 Å². The second kappa shape index (κ2) is 6.42. The van der Waals surface area contributed by atoms with E-state index in [9.17, 15) is 4.79 Å². The molecule has 0 saturated carbocycles. The number of thiocarbonyl (C=S) groups is 1. The number of methoxy groups -OCH3 is 1. The third-order valence-electron chi connectivity index (χ3n) is 2.73. The summed E-state index contributed by atoms with van der Waals surface area (Å²) in [5.74, 6) is 0.129. The van der Waals surface area contributed by atoms with E-state index in [-0.39, 0.29) is 11.9 Å². The van der Waals surface area contributed by atoms with Gasteiger partial charge < -0.3 is 15.4 Å². The number of aromatic nitrogens is 2. The average Bonchev–Trinajstić information content (AvgIpc) is 2.35. The normalized spacial score (nSPS) is 11.8. The van der Waals surface area contributed by atoms with Crippen molar-refractivity contribution in [2.24, 2.45) is 5.73 Å². The molecule has 1 aromatic rings. The summed E-state index contributed by atoms with van der Waals surface area (Å²) in [6, 6.07) is 1.87. The fourth-order valence-electron chi connectivity index (χ4n) is 1.57. The van der Waals surface area contributed by atoms with Crippen LogP contribution in [0.1, 0.15) is 29.7 Å². The highest BCUT2D eigenvalue weighted by Gasteiger charge is 2.17. The minimum absolute atomic E-state index is 0.0480. The molecular weight excluding hydrogens is 264 g/mol. The van der Waals surface area contributed by atoms with Gasteiger partial charge in [0.15, 0.2) is 0 Å². The van der Waals surface area contributed by atoms with Gasteiger partial charge in [-0.15, -0.1) is 0 Å². The first-order valence-corrected chi connectivity index (χ1v) is 6.21. The lowest BCUT2D eigenvalue weighted by molar-refractivity contribution is 0.0586. The van der Waals surface area contributed by atoms with Crippen molar-refractivity contribution in [1.29, 1.82) is 0 Å². The SMILES string of the molecule is COC(=O)c1nc(C)cc(N(C)C(C)CC(N)=S)n1. The van der Waals surface area contributed by atoms with Crippen LogP contribution in [-0.2, 0) is 4.74 Å². The van der Waals surface area contributed by atoms with Crippen molar-refractivity contribution >= 4 is 29.0 Å². The summed E-state index contributed by atoms with van der Waals surface area (Å²) in [6.07, 6.45) is 0.572. The van der Waals surface area contributed by atoms with Crippen molar-refractivity contribution in [2.45, 2.75) is 26.3 Å². The molecule has 19 heavy (non-hydrogen) atoms. The predicted molar refractivity (Wildman–Crippen MR) is 77.4 cm³/mol. The van der Waals surface area contributed by atoms with Crippen LogP contribution in [0.2, 0.25) is 0 Å². The number of nitrogens with two attached hydrogens (primary N) is 1. The Labute approximate surface area is 118 Å². The van der Waals surface area contributed by atoms with Gasteiger partial charge in [-0.25, -0.2) is 14.8 Å². The molecule has 1 heterocycles. The van der Waals surface area contributed by atoms with E-state index in [2.05, 4.69) is 14.7 Å². The number of rotatable bonds is 5. The number of esters is 1. The Balaban J connectivity index is 3.02. The van der Waals surface area contributed by atoms with Gasteiger partial charge in [-0.05, 0) is 13.8 Å². The van der Waals surface area contributed by atoms with Crippen LogP contribution < -0.4 is 10.6 Å². The molecule has 2 N–H and O–H groups in total. The lowest BCUT2D eigenvalue weighted by atomic mass is 10.2. The molecule has 6 nitrogen and oxygen atoms in total. The van der Waals surface area contributed by atoms with Crippen molar-refractivity contribution in [3.8, 4) is 0 Å². The predicted octanol–water partition coefficient (Wildman–Crippen LogP) is 1.07. The van der Waals surface area contributed by atoms with Crippen LogP contribution in [0.15, 0.2) is 6.07 Å². The van der Waals surface area contributed by atoms with Crippen molar-refractivity contribution < 1.29 is 9.53 Å². The van der Waals surface area contributed by atoms with E-state index in [1.165, 1.54) is 7.11 Å². The molecule has 7 heteroatoms. The third kappa shape index (κ3) is 4.13. The summed E-state index contributed by atoms with van der Waals surface area (Å²) in [5.41, 5.74) is 6.23. The topological polar surface area (TPSA) is 81.3 Å². The molecule has 0 fully saturated rings. The van der Waals surface area contributed by atoms with Gasteiger partial charge in [0.25, 0.3) is 0 Å². The quantitative estimate of drug-likeness (QED) is 0.639. The van der Waals surface area contributed by atoms with Gasteiger partial charge in [0.1, 0.15) is 5.82 Å². The second-order valence-corrected chi connectivity index (χ2v) is 4.84. The van der Waals surface area contributed by atoms with Crippen LogP contribution in [0.25, 0.3) is 0 Å². The number of hydrogen-bond acceptors (Lipinski definition) is 6. The highest BCUT2D eigenvalue weighted by atomic mass is 32.1. The highest BCUT2D eigenvalue weighted by molar-refractivity contribution is 7.80. The number of carbonyl (C=O) groups excluding carboxylic acids is 1. The molecule has 1 rings (SSSR count). The summed E-state index contributed by atoms with van der Waals surface area (Å²) in [7, 11) is 3.17. The summed E-state index contributed by atoms with van der Waals surface area (Å²) >= 11 is 4.90. The summed E-state index contributed by atoms with van der Waals surface area (Å²) in [4.78, 5) is 22.1. The Bertz CT molecular complexity index is 493. The molecule has 0 aromatic carbocycles. The van der Waals surface area contributed by atoms with Crippen molar-refractivity contribution in [3.63, 3.8) is 0 Å². The molecule has 1 aromatic heterocycles. The minimum Gasteiger partial charge on any atom is -0.463 e. The van der Waals surface area contributed by atoms with Crippen molar-refractivity contribution in [3.05, 3.63) is 17.6 Å². The lowest BCUT2D eigenvalue weighted by Crippen LogP contribution is -2.33. The second-order valence-electron chi connectivity index (χ2n) is 4.31. The summed E-state index contributed by atoms with van der Waals surface area (Å²) in [5, 5.41) is 0. The Hall–Kier alpha value is -1.76. The zero-order chi connectivity index (χ0) is 14.6. The molecule has 1 atom stereocenters. The smallest absolute Gasteiger partial charge is 0.376 e. The maximum atomic E-state index is 11.5. The van der Waals surface area contributed by atoms with Crippen LogP contribution in [0.3, 0.4) is 0 Å². The Kier molecular flexibility index (Phi) is 5.17. The largest absolute Gasteiger partial charge is 0.463 e. The Morgan fingerprint density at radius 3 is 2.74 bits per heavy atom. The molecule has 0 aliphatic heterocycles. The molecule has 0 bridgehead atoms. The van der Waals surface area contributed by atoms with Crippen LogP contribution in [0.5, 0.6) is 0 Å². The zero-order valence-corrected chi connectivity index (χ0v) is 12.3. The minimum atomic E-state index is -0.555. The fourth-order valence-corrected chi connectivity index (χ4v) is 1.81. The third-order valence-corrected chi connectivity index (χ3v) is 2.89. The summed E-state index contributed by atoms with van der Waals surface area (Å²) in [6.45, 7) is 3.78. The molecular formula is C12H18N4O2S. The van der Waals surface area contributed by atoms with Gasteiger partial charge in [0, 0.05) is 31.3 Å². The maximum absolute atomic E-state index is 11.5. The van der Waals surface area contributed by atoms with Gasteiger partial charge in [-0.3, -0.25) is 0 Å². The van der Waals surface area contributed by atoms with E-state index in [4.69, 9.17) is 18.0 Å². The van der Waals surface area contributed by atoms with Crippen LogP contribution in [0, 0.1) is 6.92 Å². The Morgan fingerprint density at radius 1 is 1.58 bits per heavy atom. The molecule has 0 saturated heterocycles. The monoisotopic (exact) mass is 282 g/mol. The van der Waals surface area contributed by atoms with Crippen molar-refractivity contribution in [2.75, 3.05) is 19.1 Å². The first kappa shape index (κ1) is 15.3. The first-order valence-electron chi connectivity index (χ1n) is 5.80. The number of carbonyl (C=O) groups is 1. The standard InChI is InChI=1S/C12H18N4O2S/c1-7-5-10(15-11(14-7)12(17)18-4)16(3)8(2)6-9(13)19/h5,8H,6H2,1-4H3,(H2,13,19). The van der Waals surface area contributed by atoms with E-state index in [1.807, 2.05) is 18.9 Å². The van der Waals surface area contributed by atoms with E-state index in [1.54, 1.807) is 13.0 Å². The maximum Gasteiger partial charge on any atom is 0.376 e. The number of aryl methyl sites for hydroxylation is 1. The zero-order valence-electron chi connectivity index (χ0n) is 11.5. The first-order chi connectivity index (χ1) is 8.85. The average molecular weight is 282 g/mol. The summed E-state index contributed by atoms with van der Waals surface area (Å²) < 4.78 is 4.63. The number of anilines is 1. The molecule has 0 amide bonds. The number of hydrogen-bond donors (Lipinski definition) is 1. The molecule has 0 aliphatic rings. The number of nitrogens with zero attached hydrogens (tertiary/aromatic N) is 3. The van der Waals surface area contributed by atoms with Crippen LogP contribution >= 0.6 is 12.2 Å². The molecule has 0 radical (unpaired) electrons. The molecule has 0 aliphatic carbocycles. The van der Waals surface area contributed by atoms with Crippen LogP contribution in [0.4, 0.5) is 5.82 Å². The van der Waals surface area contributed by atoms with Crippen LogP contribution in [-0.4, -0.2) is 41.1 Å². The molecule has 1 unspecified atom stereocenters. The van der Waals surface area contributed by atoms with Gasteiger partial charge in [0.05, 0.1) is 12.1 Å². The lowest BCUT2D eigenvalue weighted by Gasteiger charge is -2.25. The van der Waals surface area contributed by atoms with E-state index >= 15 is 0 Å². The van der Waals surface area contributed by atoms with Gasteiger partial charge in [-0.1, -0.05) is 12.2 Å². The van der Waals surface area contributed by atoms with E-state index < -0.39 is 5.97 Å². The fraction of sp³-hybridized carbons (Fsp3) is 0.500. The van der Waals surface area contributed by atoms with E-state index in [0.29, 0.717) is 22.9 Å². The highest BCUT2D eigenvalue weighted by Crippen LogP contribution is 2.15. The number of ether oxygens (including phenoxy) is 1. The van der Waals surface area contributed by atoms with Gasteiger partial charge in [-0.2, -0.15) is 0 Å². The Morgan fingerprint density at radius 2 is 2.21 bits per heavy atom. The molecule has 104 valence electrons. The van der Waals surface area contributed by atoms with Crippen molar-refractivity contribution in [1.82, 2.24) is 9.97 Å². The molecule has 0 spiro atoms. The van der Waals surface area contributed by atoms with Gasteiger partial charge in [0.2, 0.25) is 5.82 Å². The van der Waals surface area contributed by atoms with E-state index in [0.717, 1.165) is 0 Å².